The van der Waals surface area contributed by atoms with E-state index in [4.69, 9.17) is 0 Å². The number of hydrogen-bond acceptors (Lipinski definition) is 1. The van der Waals surface area contributed by atoms with Gasteiger partial charge in [-0.1, -0.05) is 24.3 Å². The van der Waals surface area contributed by atoms with Crippen molar-refractivity contribution in [1.82, 2.24) is 0 Å². The molecule has 0 saturated heterocycles. The molecule has 0 aliphatic heterocycles. The first-order chi connectivity index (χ1) is 6.83. The Labute approximate surface area is 85.1 Å². The first-order valence-corrected chi connectivity index (χ1v) is 5.26. The molecule has 1 nitrogen and oxygen atoms in total. The SMILES string of the molecule is CC=CCc1ccc2c(c1O)CCC2. The third-order valence-corrected chi connectivity index (χ3v) is 2.91. The van der Waals surface area contributed by atoms with Gasteiger partial charge in [0.05, 0.1) is 0 Å². The van der Waals surface area contributed by atoms with Gasteiger partial charge in [-0.15, -0.1) is 0 Å². The summed E-state index contributed by atoms with van der Waals surface area (Å²) < 4.78 is 0. The fourth-order valence-electron chi connectivity index (χ4n) is 2.10. The summed E-state index contributed by atoms with van der Waals surface area (Å²) >= 11 is 0. The van der Waals surface area contributed by atoms with Gasteiger partial charge < -0.3 is 5.11 Å². The number of fused-ring (bicyclic) bond motifs is 1. The highest BCUT2D eigenvalue weighted by Crippen LogP contribution is 2.33. The van der Waals surface area contributed by atoms with Crippen LogP contribution >= 0.6 is 0 Å². The van der Waals surface area contributed by atoms with E-state index in [2.05, 4.69) is 18.2 Å². The van der Waals surface area contributed by atoms with E-state index >= 15 is 0 Å². The minimum Gasteiger partial charge on any atom is -0.507 e. The lowest BCUT2D eigenvalue weighted by atomic mass is 10.0. The smallest absolute Gasteiger partial charge is 0.122 e. The lowest BCUT2D eigenvalue weighted by Gasteiger charge is -2.07. The van der Waals surface area contributed by atoms with Crippen LogP contribution in [0.1, 0.15) is 30.0 Å². The van der Waals surface area contributed by atoms with Gasteiger partial charge in [-0.2, -0.15) is 0 Å². The topological polar surface area (TPSA) is 20.2 Å². The van der Waals surface area contributed by atoms with Crippen molar-refractivity contribution in [2.24, 2.45) is 0 Å². The molecule has 1 heteroatoms. The molecule has 0 fully saturated rings. The van der Waals surface area contributed by atoms with Crippen LogP contribution in [-0.4, -0.2) is 5.11 Å². The summed E-state index contributed by atoms with van der Waals surface area (Å²) in [5, 5.41) is 10.0. The number of rotatable bonds is 2. The molecule has 0 heterocycles. The van der Waals surface area contributed by atoms with Gasteiger partial charge in [-0.3, -0.25) is 0 Å². The normalized spacial score (nSPS) is 14.9. The average molecular weight is 188 g/mol. The number of phenols is 1. The Kier molecular flexibility index (Phi) is 2.58. The monoisotopic (exact) mass is 188 g/mol. The van der Waals surface area contributed by atoms with Crippen molar-refractivity contribution in [1.29, 1.82) is 0 Å². The molecule has 1 aromatic rings. The molecule has 1 aliphatic carbocycles. The minimum atomic E-state index is 0.540. The maximum atomic E-state index is 10.0. The first-order valence-electron chi connectivity index (χ1n) is 5.26. The molecular weight excluding hydrogens is 172 g/mol. The van der Waals surface area contributed by atoms with Gasteiger partial charge in [0, 0.05) is 0 Å². The fourth-order valence-corrected chi connectivity index (χ4v) is 2.10. The largest absolute Gasteiger partial charge is 0.507 e. The Hall–Kier alpha value is -1.24. The van der Waals surface area contributed by atoms with Crippen LogP contribution in [0.2, 0.25) is 0 Å². The van der Waals surface area contributed by atoms with Crippen molar-refractivity contribution < 1.29 is 5.11 Å². The Balaban J connectivity index is 2.34. The highest BCUT2D eigenvalue weighted by molar-refractivity contribution is 5.48. The lowest BCUT2D eigenvalue weighted by molar-refractivity contribution is 0.463. The summed E-state index contributed by atoms with van der Waals surface area (Å²) in [4.78, 5) is 0. The third kappa shape index (κ3) is 1.54. The molecule has 0 aromatic heterocycles. The van der Waals surface area contributed by atoms with Crippen molar-refractivity contribution in [3.8, 4) is 5.75 Å². The standard InChI is InChI=1S/C13H16O/c1-2-3-5-11-9-8-10-6-4-7-12(10)13(11)14/h2-3,8-9,14H,4-7H2,1H3. The summed E-state index contributed by atoms with van der Waals surface area (Å²) in [6.07, 6.45) is 8.31. The molecule has 0 atom stereocenters. The molecule has 0 spiro atoms. The molecule has 0 unspecified atom stereocenters. The predicted molar refractivity (Wildman–Crippen MR) is 58.6 cm³/mol. The number of phenolic OH excluding ortho intramolecular Hbond substituents is 1. The minimum absolute atomic E-state index is 0.540. The summed E-state index contributed by atoms with van der Waals surface area (Å²) in [6, 6.07) is 4.22. The van der Waals surface area contributed by atoms with E-state index in [1.165, 1.54) is 17.5 Å². The maximum absolute atomic E-state index is 10.0. The van der Waals surface area contributed by atoms with Crippen molar-refractivity contribution in [2.75, 3.05) is 0 Å². The second-order valence-electron chi connectivity index (χ2n) is 3.84. The van der Waals surface area contributed by atoms with Crippen LogP contribution in [0.5, 0.6) is 5.75 Å². The van der Waals surface area contributed by atoms with E-state index in [1.54, 1.807) is 0 Å². The summed E-state index contributed by atoms with van der Waals surface area (Å²) in [5.74, 6) is 0.540. The molecule has 0 radical (unpaired) electrons. The van der Waals surface area contributed by atoms with Crippen molar-refractivity contribution >= 4 is 0 Å². The Bertz CT molecular complexity index is 364. The van der Waals surface area contributed by atoms with E-state index in [-0.39, 0.29) is 0 Å². The van der Waals surface area contributed by atoms with Crippen LogP contribution in [-0.2, 0) is 19.3 Å². The summed E-state index contributed by atoms with van der Waals surface area (Å²) in [5.41, 5.74) is 3.59. The molecule has 1 aliphatic rings. The van der Waals surface area contributed by atoms with E-state index < -0.39 is 0 Å². The Morgan fingerprint density at radius 3 is 3.00 bits per heavy atom. The van der Waals surface area contributed by atoms with Crippen LogP contribution < -0.4 is 0 Å². The molecule has 74 valence electrons. The third-order valence-electron chi connectivity index (χ3n) is 2.91. The second-order valence-corrected chi connectivity index (χ2v) is 3.84. The molecule has 0 saturated carbocycles. The van der Waals surface area contributed by atoms with E-state index in [0.717, 1.165) is 24.8 Å². The van der Waals surface area contributed by atoms with E-state index in [9.17, 15) is 5.11 Å². The zero-order valence-electron chi connectivity index (χ0n) is 8.59. The summed E-state index contributed by atoms with van der Waals surface area (Å²) in [7, 11) is 0. The zero-order valence-corrected chi connectivity index (χ0v) is 8.59. The highest BCUT2D eigenvalue weighted by atomic mass is 16.3. The Morgan fingerprint density at radius 1 is 1.36 bits per heavy atom. The number of hydrogen-bond donors (Lipinski definition) is 1. The molecule has 0 bridgehead atoms. The fraction of sp³-hybridized carbons (Fsp3) is 0.385. The van der Waals surface area contributed by atoms with Gasteiger partial charge in [0.1, 0.15) is 5.75 Å². The number of benzene rings is 1. The van der Waals surface area contributed by atoms with Crippen molar-refractivity contribution in [3.05, 3.63) is 41.0 Å². The molecule has 1 N–H and O–H groups in total. The zero-order chi connectivity index (χ0) is 9.97. The highest BCUT2D eigenvalue weighted by Gasteiger charge is 2.16. The van der Waals surface area contributed by atoms with Gasteiger partial charge in [0.25, 0.3) is 0 Å². The molecule has 0 amide bonds. The predicted octanol–water partition coefficient (Wildman–Crippen LogP) is 3.00. The number of aryl methyl sites for hydroxylation is 1. The van der Waals surface area contributed by atoms with Gasteiger partial charge in [0.2, 0.25) is 0 Å². The van der Waals surface area contributed by atoms with Gasteiger partial charge >= 0.3 is 0 Å². The maximum Gasteiger partial charge on any atom is 0.122 e. The summed E-state index contributed by atoms with van der Waals surface area (Å²) in [6.45, 7) is 2.00. The van der Waals surface area contributed by atoms with Gasteiger partial charge in [0.15, 0.2) is 0 Å². The van der Waals surface area contributed by atoms with Crippen molar-refractivity contribution in [2.45, 2.75) is 32.6 Å². The van der Waals surface area contributed by atoms with Gasteiger partial charge in [-0.25, -0.2) is 0 Å². The Morgan fingerprint density at radius 2 is 2.21 bits per heavy atom. The van der Waals surface area contributed by atoms with Crippen LogP contribution in [0.4, 0.5) is 0 Å². The second kappa shape index (κ2) is 3.87. The van der Waals surface area contributed by atoms with Crippen LogP contribution in [0, 0.1) is 0 Å². The van der Waals surface area contributed by atoms with Crippen molar-refractivity contribution in [3.63, 3.8) is 0 Å². The van der Waals surface area contributed by atoms with E-state index in [1.807, 2.05) is 13.0 Å². The number of allylic oxidation sites excluding steroid dienone is 2. The van der Waals surface area contributed by atoms with E-state index in [0.29, 0.717) is 5.75 Å². The lowest BCUT2D eigenvalue weighted by Crippen LogP contribution is -1.89. The van der Waals surface area contributed by atoms with Crippen LogP contribution in [0.15, 0.2) is 24.3 Å². The molecule has 14 heavy (non-hydrogen) atoms. The van der Waals surface area contributed by atoms with Crippen LogP contribution in [0.3, 0.4) is 0 Å². The average Bonchev–Trinajstić information content (AvgIpc) is 2.66. The molecule has 2 rings (SSSR count). The van der Waals surface area contributed by atoms with Crippen LogP contribution in [0.25, 0.3) is 0 Å². The number of aromatic hydroxyl groups is 1. The quantitative estimate of drug-likeness (QED) is 0.707. The van der Waals surface area contributed by atoms with Gasteiger partial charge in [-0.05, 0) is 49.3 Å². The first kappa shape index (κ1) is 9.32. The molecule has 1 aromatic carbocycles. The molecular formula is C13H16O.